The predicted octanol–water partition coefficient (Wildman–Crippen LogP) is 4.02. The fourth-order valence-corrected chi connectivity index (χ4v) is 2.47. The molecular weight excluding hydrogens is 305 g/mol. The molecule has 0 aliphatic rings. The third-order valence-corrected chi connectivity index (χ3v) is 3.60. The SMILES string of the molecule is Cc1ccc2cc(C)c(=O)n(-c3cccc(C(F)(F)F)c3)c2n1. The maximum atomic E-state index is 12.9. The number of rotatable bonds is 1. The number of pyridine rings is 2. The quantitative estimate of drug-likeness (QED) is 0.679. The molecule has 3 rings (SSSR count). The van der Waals surface area contributed by atoms with Crippen molar-refractivity contribution < 1.29 is 13.2 Å². The van der Waals surface area contributed by atoms with E-state index in [2.05, 4.69) is 4.98 Å². The third-order valence-electron chi connectivity index (χ3n) is 3.60. The Balaban J connectivity index is 2.38. The molecule has 0 saturated heterocycles. The molecule has 0 unspecified atom stereocenters. The number of alkyl halides is 3. The van der Waals surface area contributed by atoms with E-state index in [-0.39, 0.29) is 11.2 Å². The van der Waals surface area contributed by atoms with Crippen molar-refractivity contribution in [3.63, 3.8) is 0 Å². The molecule has 118 valence electrons. The lowest BCUT2D eigenvalue weighted by atomic mass is 10.1. The second kappa shape index (κ2) is 5.22. The van der Waals surface area contributed by atoms with E-state index in [1.54, 1.807) is 32.0 Å². The first kappa shape index (κ1) is 15.3. The average Bonchev–Trinajstić information content (AvgIpc) is 2.48. The van der Waals surface area contributed by atoms with E-state index < -0.39 is 11.7 Å². The van der Waals surface area contributed by atoms with E-state index >= 15 is 0 Å². The van der Waals surface area contributed by atoms with Crippen molar-refractivity contribution in [1.29, 1.82) is 0 Å². The molecule has 6 heteroatoms. The van der Waals surface area contributed by atoms with Crippen LogP contribution >= 0.6 is 0 Å². The number of hydrogen-bond acceptors (Lipinski definition) is 2. The van der Waals surface area contributed by atoms with Crippen LogP contribution in [-0.4, -0.2) is 9.55 Å². The molecule has 1 aromatic carbocycles. The molecule has 2 aromatic heterocycles. The maximum absolute atomic E-state index is 12.9. The second-order valence-corrected chi connectivity index (χ2v) is 5.38. The van der Waals surface area contributed by atoms with E-state index in [0.29, 0.717) is 22.3 Å². The zero-order chi connectivity index (χ0) is 16.8. The summed E-state index contributed by atoms with van der Waals surface area (Å²) < 4.78 is 40.0. The summed E-state index contributed by atoms with van der Waals surface area (Å²) in [6, 6.07) is 9.98. The maximum Gasteiger partial charge on any atom is 0.416 e. The van der Waals surface area contributed by atoms with Gasteiger partial charge in [-0.25, -0.2) is 4.98 Å². The van der Waals surface area contributed by atoms with Crippen molar-refractivity contribution in [1.82, 2.24) is 9.55 Å². The molecule has 0 aliphatic carbocycles. The summed E-state index contributed by atoms with van der Waals surface area (Å²) in [5, 5.41) is 0.699. The van der Waals surface area contributed by atoms with Crippen LogP contribution < -0.4 is 5.56 Å². The van der Waals surface area contributed by atoms with Gasteiger partial charge in [-0.3, -0.25) is 9.36 Å². The van der Waals surface area contributed by atoms with Gasteiger partial charge < -0.3 is 0 Å². The Morgan fingerprint density at radius 1 is 1.04 bits per heavy atom. The minimum absolute atomic E-state index is 0.150. The lowest BCUT2D eigenvalue weighted by molar-refractivity contribution is -0.137. The second-order valence-electron chi connectivity index (χ2n) is 5.38. The predicted molar refractivity (Wildman–Crippen MR) is 81.8 cm³/mol. The summed E-state index contributed by atoms with van der Waals surface area (Å²) in [5.74, 6) is 0. The number of benzene rings is 1. The summed E-state index contributed by atoms with van der Waals surface area (Å²) in [5.41, 5.74) is 0.442. The van der Waals surface area contributed by atoms with E-state index in [1.807, 2.05) is 0 Å². The van der Waals surface area contributed by atoms with Crippen LogP contribution in [0, 0.1) is 13.8 Å². The van der Waals surface area contributed by atoms with Crippen LogP contribution in [0.1, 0.15) is 16.8 Å². The van der Waals surface area contributed by atoms with Crippen LogP contribution in [0.4, 0.5) is 13.2 Å². The van der Waals surface area contributed by atoms with Gasteiger partial charge in [0.1, 0.15) is 5.65 Å². The van der Waals surface area contributed by atoms with Crippen molar-refractivity contribution >= 4 is 11.0 Å². The molecule has 0 fully saturated rings. The summed E-state index contributed by atoms with van der Waals surface area (Å²) in [7, 11) is 0. The van der Waals surface area contributed by atoms with Gasteiger partial charge in [-0.05, 0) is 50.2 Å². The molecule has 0 saturated carbocycles. The Hall–Kier alpha value is -2.63. The van der Waals surface area contributed by atoms with Crippen molar-refractivity contribution in [2.75, 3.05) is 0 Å². The summed E-state index contributed by atoms with van der Waals surface area (Å²) in [6.45, 7) is 3.39. The summed E-state index contributed by atoms with van der Waals surface area (Å²) in [4.78, 5) is 16.8. The number of aromatic nitrogens is 2. The Labute approximate surface area is 130 Å². The van der Waals surface area contributed by atoms with Gasteiger partial charge in [0.05, 0.1) is 11.3 Å². The van der Waals surface area contributed by atoms with Gasteiger partial charge in [0.15, 0.2) is 0 Å². The number of hydrogen-bond donors (Lipinski definition) is 0. The van der Waals surface area contributed by atoms with E-state index in [1.165, 1.54) is 16.7 Å². The normalized spacial score (nSPS) is 11.9. The van der Waals surface area contributed by atoms with E-state index in [4.69, 9.17) is 0 Å². The largest absolute Gasteiger partial charge is 0.416 e. The summed E-state index contributed by atoms with van der Waals surface area (Å²) in [6.07, 6.45) is -4.47. The standard InChI is InChI=1S/C17H13F3N2O/c1-10-8-12-7-6-11(2)21-15(12)22(16(10)23)14-5-3-4-13(9-14)17(18,19)20/h3-9H,1-2H3. The first-order chi connectivity index (χ1) is 10.8. The Kier molecular flexibility index (Phi) is 3.47. The van der Waals surface area contributed by atoms with Crippen LogP contribution in [0.2, 0.25) is 0 Å². The van der Waals surface area contributed by atoms with Gasteiger partial charge in [0.2, 0.25) is 0 Å². The number of halogens is 3. The minimum atomic E-state index is -4.47. The van der Waals surface area contributed by atoms with Crippen molar-refractivity contribution in [3.8, 4) is 5.69 Å². The van der Waals surface area contributed by atoms with Gasteiger partial charge in [-0.2, -0.15) is 13.2 Å². The van der Waals surface area contributed by atoms with Crippen molar-refractivity contribution in [2.24, 2.45) is 0 Å². The topological polar surface area (TPSA) is 34.9 Å². The van der Waals surface area contributed by atoms with Crippen LogP contribution in [0.15, 0.2) is 47.3 Å². The van der Waals surface area contributed by atoms with Gasteiger partial charge in [0, 0.05) is 16.6 Å². The molecule has 3 nitrogen and oxygen atoms in total. The fraction of sp³-hybridized carbons (Fsp3) is 0.176. The zero-order valence-corrected chi connectivity index (χ0v) is 12.5. The molecular formula is C17H13F3N2O. The number of fused-ring (bicyclic) bond motifs is 1. The lowest BCUT2D eigenvalue weighted by Crippen LogP contribution is -2.22. The molecule has 0 radical (unpaired) electrons. The van der Waals surface area contributed by atoms with Crippen molar-refractivity contribution in [2.45, 2.75) is 20.0 Å². The first-order valence-corrected chi connectivity index (χ1v) is 6.95. The molecule has 0 N–H and O–H groups in total. The smallest absolute Gasteiger partial charge is 0.269 e. The lowest BCUT2D eigenvalue weighted by Gasteiger charge is -2.13. The fourth-order valence-electron chi connectivity index (χ4n) is 2.47. The van der Waals surface area contributed by atoms with Gasteiger partial charge in [-0.1, -0.05) is 6.07 Å². The Morgan fingerprint density at radius 2 is 1.78 bits per heavy atom. The highest BCUT2D eigenvalue weighted by Gasteiger charge is 2.30. The molecule has 0 amide bonds. The molecule has 3 aromatic rings. The van der Waals surface area contributed by atoms with E-state index in [0.717, 1.165) is 12.1 Å². The zero-order valence-electron chi connectivity index (χ0n) is 12.5. The van der Waals surface area contributed by atoms with Crippen LogP contribution in [0.25, 0.3) is 16.7 Å². The molecule has 0 bridgehead atoms. The average molecular weight is 318 g/mol. The van der Waals surface area contributed by atoms with Gasteiger partial charge in [-0.15, -0.1) is 0 Å². The molecule has 0 aliphatic heterocycles. The van der Waals surface area contributed by atoms with Crippen molar-refractivity contribution in [3.05, 3.63) is 69.6 Å². The van der Waals surface area contributed by atoms with Crippen LogP contribution in [0.3, 0.4) is 0 Å². The molecule has 0 spiro atoms. The monoisotopic (exact) mass is 318 g/mol. The highest BCUT2D eigenvalue weighted by molar-refractivity contribution is 5.77. The molecule has 0 atom stereocenters. The van der Waals surface area contributed by atoms with Crippen LogP contribution in [-0.2, 0) is 6.18 Å². The Morgan fingerprint density at radius 3 is 2.48 bits per heavy atom. The van der Waals surface area contributed by atoms with E-state index in [9.17, 15) is 18.0 Å². The highest BCUT2D eigenvalue weighted by Crippen LogP contribution is 2.30. The molecule has 2 heterocycles. The van der Waals surface area contributed by atoms with Gasteiger partial charge in [0.25, 0.3) is 5.56 Å². The summed E-state index contributed by atoms with van der Waals surface area (Å²) >= 11 is 0. The molecule has 23 heavy (non-hydrogen) atoms. The number of nitrogens with zero attached hydrogens (tertiary/aromatic N) is 2. The minimum Gasteiger partial charge on any atom is -0.269 e. The van der Waals surface area contributed by atoms with Gasteiger partial charge >= 0.3 is 6.18 Å². The Bertz CT molecular complexity index is 958. The first-order valence-electron chi connectivity index (χ1n) is 6.95. The highest BCUT2D eigenvalue weighted by atomic mass is 19.4. The van der Waals surface area contributed by atoms with Crippen LogP contribution in [0.5, 0.6) is 0 Å². The third kappa shape index (κ3) is 2.72. The number of aryl methyl sites for hydroxylation is 2.